The summed E-state index contributed by atoms with van der Waals surface area (Å²) in [5, 5.41) is 1.32. The van der Waals surface area contributed by atoms with E-state index in [9.17, 15) is 0 Å². The van der Waals surface area contributed by atoms with Gasteiger partial charge in [-0.3, -0.25) is 4.98 Å². The van der Waals surface area contributed by atoms with E-state index in [-0.39, 0.29) is 6.04 Å². The minimum atomic E-state index is 0.252. The fourth-order valence-corrected chi connectivity index (χ4v) is 5.44. The number of pyridine rings is 1. The molecule has 1 aromatic heterocycles. The molecule has 0 saturated carbocycles. The third-order valence-corrected chi connectivity index (χ3v) is 6.54. The van der Waals surface area contributed by atoms with E-state index in [4.69, 9.17) is 5.73 Å². The lowest BCUT2D eigenvalue weighted by atomic mass is 10.0. The Labute approximate surface area is 112 Å². The van der Waals surface area contributed by atoms with Gasteiger partial charge < -0.3 is 5.73 Å². The Kier molecular flexibility index (Phi) is 5.19. The van der Waals surface area contributed by atoms with Crippen molar-refractivity contribution in [3.05, 3.63) is 30.1 Å². The molecular weight excluding hydrogens is 248 g/mol. The molecule has 17 heavy (non-hydrogen) atoms. The number of aromatic nitrogens is 1. The second kappa shape index (κ2) is 6.66. The zero-order valence-corrected chi connectivity index (χ0v) is 11.8. The van der Waals surface area contributed by atoms with Gasteiger partial charge in [-0.2, -0.15) is 23.5 Å². The molecule has 2 heterocycles. The number of hydrogen-bond donors (Lipinski definition) is 1. The minimum absolute atomic E-state index is 0.252. The van der Waals surface area contributed by atoms with E-state index < -0.39 is 0 Å². The van der Waals surface area contributed by atoms with Gasteiger partial charge in [0.05, 0.1) is 0 Å². The van der Waals surface area contributed by atoms with Crippen LogP contribution < -0.4 is 5.73 Å². The summed E-state index contributed by atoms with van der Waals surface area (Å²) in [5.74, 6) is 2.52. The van der Waals surface area contributed by atoms with E-state index in [1.54, 1.807) is 0 Å². The molecule has 1 saturated heterocycles. The van der Waals surface area contributed by atoms with Gasteiger partial charge in [0, 0.05) is 40.4 Å². The fourth-order valence-electron chi connectivity index (χ4n) is 2.24. The Morgan fingerprint density at radius 1 is 1.47 bits per heavy atom. The van der Waals surface area contributed by atoms with E-state index in [1.165, 1.54) is 23.5 Å². The zero-order chi connectivity index (χ0) is 12.1. The highest BCUT2D eigenvalue weighted by atomic mass is 32.2. The number of thioether (sulfide) groups is 2. The summed E-state index contributed by atoms with van der Waals surface area (Å²) in [4.78, 5) is 4.15. The summed E-state index contributed by atoms with van der Waals surface area (Å²) < 4.78 is 0. The maximum Gasteiger partial charge on any atom is 0.0321 e. The summed E-state index contributed by atoms with van der Waals surface area (Å²) in [6.45, 7) is 2.27. The SMILES string of the molecule is CCC1SCCSC1C(N)Cc1cccnc1. The van der Waals surface area contributed by atoms with Gasteiger partial charge in [0.2, 0.25) is 0 Å². The van der Waals surface area contributed by atoms with Crippen LogP contribution in [0.2, 0.25) is 0 Å². The van der Waals surface area contributed by atoms with Gasteiger partial charge in [0.15, 0.2) is 0 Å². The highest BCUT2D eigenvalue weighted by Crippen LogP contribution is 2.35. The molecule has 0 bridgehead atoms. The Morgan fingerprint density at radius 2 is 2.29 bits per heavy atom. The van der Waals surface area contributed by atoms with Crippen LogP contribution in [0.1, 0.15) is 18.9 Å². The summed E-state index contributed by atoms with van der Waals surface area (Å²) in [7, 11) is 0. The molecular formula is C13H20N2S2. The molecule has 94 valence electrons. The lowest BCUT2D eigenvalue weighted by Gasteiger charge is -2.34. The van der Waals surface area contributed by atoms with E-state index >= 15 is 0 Å². The van der Waals surface area contributed by atoms with Crippen LogP contribution in [0.5, 0.6) is 0 Å². The molecule has 1 aromatic rings. The Bertz CT molecular complexity index is 331. The third-order valence-electron chi connectivity index (χ3n) is 3.11. The van der Waals surface area contributed by atoms with E-state index in [0.29, 0.717) is 5.25 Å². The summed E-state index contributed by atoms with van der Waals surface area (Å²) in [6, 6.07) is 4.36. The molecule has 4 heteroatoms. The third kappa shape index (κ3) is 3.63. The normalized spacial score (nSPS) is 26.7. The first-order valence-electron chi connectivity index (χ1n) is 6.19. The highest BCUT2D eigenvalue weighted by Gasteiger charge is 2.29. The molecule has 3 atom stereocenters. The molecule has 0 aliphatic carbocycles. The van der Waals surface area contributed by atoms with Gasteiger partial charge in [-0.05, 0) is 24.5 Å². The van der Waals surface area contributed by atoms with Crippen molar-refractivity contribution in [2.75, 3.05) is 11.5 Å². The first-order chi connectivity index (χ1) is 8.31. The molecule has 0 spiro atoms. The fraction of sp³-hybridized carbons (Fsp3) is 0.615. The topological polar surface area (TPSA) is 38.9 Å². The number of nitrogens with zero attached hydrogens (tertiary/aromatic N) is 1. The smallest absolute Gasteiger partial charge is 0.0321 e. The van der Waals surface area contributed by atoms with Crippen molar-refractivity contribution in [1.82, 2.24) is 4.98 Å². The Balaban J connectivity index is 1.96. The number of hydrogen-bond acceptors (Lipinski definition) is 4. The predicted molar refractivity (Wildman–Crippen MR) is 78.7 cm³/mol. The quantitative estimate of drug-likeness (QED) is 0.911. The van der Waals surface area contributed by atoms with E-state index in [0.717, 1.165) is 11.7 Å². The maximum atomic E-state index is 6.38. The Morgan fingerprint density at radius 3 is 3.00 bits per heavy atom. The average molecular weight is 268 g/mol. The second-order valence-electron chi connectivity index (χ2n) is 4.38. The second-order valence-corrected chi connectivity index (χ2v) is 7.02. The summed E-state index contributed by atoms with van der Waals surface area (Å²) in [5.41, 5.74) is 7.64. The van der Waals surface area contributed by atoms with Crippen LogP contribution >= 0.6 is 23.5 Å². The van der Waals surface area contributed by atoms with Crippen molar-refractivity contribution in [3.63, 3.8) is 0 Å². The zero-order valence-electron chi connectivity index (χ0n) is 10.2. The molecule has 2 nitrogen and oxygen atoms in total. The molecule has 0 aromatic carbocycles. The number of nitrogens with two attached hydrogens (primary N) is 1. The van der Waals surface area contributed by atoms with Crippen LogP contribution in [0.4, 0.5) is 0 Å². The largest absolute Gasteiger partial charge is 0.326 e. The van der Waals surface area contributed by atoms with Crippen LogP contribution in [0.25, 0.3) is 0 Å². The van der Waals surface area contributed by atoms with Crippen LogP contribution in [0.15, 0.2) is 24.5 Å². The Hall–Kier alpha value is -0.190. The van der Waals surface area contributed by atoms with Crippen molar-refractivity contribution in [2.45, 2.75) is 36.3 Å². The standard InChI is InChI=1S/C13H20N2S2/c1-2-12-13(17-7-6-16-12)11(14)8-10-4-3-5-15-9-10/h3-5,9,11-13H,2,6-8,14H2,1H3. The predicted octanol–water partition coefficient (Wildman–Crippen LogP) is 2.58. The van der Waals surface area contributed by atoms with Crippen molar-refractivity contribution < 1.29 is 0 Å². The van der Waals surface area contributed by atoms with Gasteiger partial charge in [-0.15, -0.1) is 0 Å². The maximum absolute atomic E-state index is 6.38. The van der Waals surface area contributed by atoms with Gasteiger partial charge >= 0.3 is 0 Å². The molecule has 2 N–H and O–H groups in total. The molecule has 1 aliphatic heterocycles. The summed E-state index contributed by atoms with van der Waals surface area (Å²) >= 11 is 4.15. The molecule has 1 fully saturated rings. The minimum Gasteiger partial charge on any atom is -0.326 e. The van der Waals surface area contributed by atoms with Crippen LogP contribution in [0, 0.1) is 0 Å². The lowest BCUT2D eigenvalue weighted by molar-refractivity contribution is 0.597. The molecule has 3 unspecified atom stereocenters. The van der Waals surface area contributed by atoms with Crippen molar-refractivity contribution in [1.29, 1.82) is 0 Å². The average Bonchev–Trinajstić information content (AvgIpc) is 2.40. The highest BCUT2D eigenvalue weighted by molar-refractivity contribution is 8.07. The monoisotopic (exact) mass is 268 g/mol. The van der Waals surface area contributed by atoms with Crippen molar-refractivity contribution >= 4 is 23.5 Å². The summed E-state index contributed by atoms with van der Waals surface area (Å²) in [6.07, 6.45) is 5.92. The van der Waals surface area contributed by atoms with Crippen molar-refractivity contribution in [3.8, 4) is 0 Å². The van der Waals surface area contributed by atoms with Crippen LogP contribution in [-0.4, -0.2) is 33.0 Å². The number of rotatable bonds is 4. The van der Waals surface area contributed by atoms with Gasteiger partial charge in [-0.25, -0.2) is 0 Å². The van der Waals surface area contributed by atoms with Gasteiger partial charge in [0.25, 0.3) is 0 Å². The van der Waals surface area contributed by atoms with Crippen LogP contribution in [0.3, 0.4) is 0 Å². The lowest BCUT2D eigenvalue weighted by Crippen LogP contribution is -2.43. The molecule has 2 rings (SSSR count). The van der Waals surface area contributed by atoms with Crippen LogP contribution in [-0.2, 0) is 6.42 Å². The van der Waals surface area contributed by atoms with E-state index in [1.807, 2.05) is 18.5 Å². The van der Waals surface area contributed by atoms with Gasteiger partial charge in [-0.1, -0.05) is 13.0 Å². The van der Waals surface area contributed by atoms with Crippen molar-refractivity contribution in [2.24, 2.45) is 5.73 Å². The first-order valence-corrected chi connectivity index (χ1v) is 8.28. The first kappa shape index (κ1) is 13.2. The molecule has 1 aliphatic rings. The molecule has 0 radical (unpaired) electrons. The van der Waals surface area contributed by atoms with Gasteiger partial charge in [0.1, 0.15) is 0 Å². The van der Waals surface area contributed by atoms with E-state index in [2.05, 4.69) is 41.5 Å². The molecule has 0 amide bonds.